The Balaban J connectivity index is 2.74. The van der Waals surface area contributed by atoms with E-state index in [1.54, 1.807) is 7.11 Å². The lowest BCUT2D eigenvalue weighted by Gasteiger charge is -2.24. The Bertz CT molecular complexity index is 359. The van der Waals surface area contributed by atoms with E-state index in [1.165, 1.54) is 7.11 Å². The molecule has 0 fully saturated rings. The number of hydrogen-bond acceptors (Lipinski definition) is 3. The van der Waals surface area contributed by atoms with Gasteiger partial charge in [-0.2, -0.15) is 0 Å². The third-order valence-corrected chi connectivity index (χ3v) is 2.89. The molecular weight excluding hydrogens is 233 g/mol. The molecule has 102 valence electrons. The van der Waals surface area contributed by atoms with E-state index in [2.05, 4.69) is 0 Å². The summed E-state index contributed by atoms with van der Waals surface area (Å²) in [5.41, 5.74) is 4.99. The van der Waals surface area contributed by atoms with Crippen LogP contribution in [0.2, 0.25) is 0 Å². The maximum atomic E-state index is 14.7. The van der Waals surface area contributed by atoms with Gasteiger partial charge in [-0.05, 0) is 37.1 Å². The lowest BCUT2D eigenvalue weighted by atomic mass is 9.92. The first-order chi connectivity index (χ1) is 8.63. The minimum Gasteiger partial charge on any atom is -0.497 e. The van der Waals surface area contributed by atoms with Gasteiger partial charge in [0, 0.05) is 13.5 Å². The summed E-state index contributed by atoms with van der Waals surface area (Å²) in [5, 5.41) is 0. The van der Waals surface area contributed by atoms with Crippen molar-refractivity contribution in [3.05, 3.63) is 29.8 Å². The fourth-order valence-corrected chi connectivity index (χ4v) is 2.04. The molecule has 3 nitrogen and oxygen atoms in total. The number of nitrogens with two attached hydrogens (primary N) is 1. The largest absolute Gasteiger partial charge is 0.497 e. The fraction of sp³-hybridized carbons (Fsp3) is 0.571. The van der Waals surface area contributed by atoms with Gasteiger partial charge in [-0.15, -0.1) is 0 Å². The van der Waals surface area contributed by atoms with Crippen LogP contribution in [0.5, 0.6) is 5.75 Å². The van der Waals surface area contributed by atoms with E-state index in [0.29, 0.717) is 25.8 Å². The van der Waals surface area contributed by atoms with Crippen LogP contribution in [0.3, 0.4) is 0 Å². The molecule has 1 aromatic carbocycles. The number of alkyl halides is 1. The van der Waals surface area contributed by atoms with Gasteiger partial charge >= 0.3 is 0 Å². The summed E-state index contributed by atoms with van der Waals surface area (Å²) in [7, 11) is 3.12. The second-order valence-electron chi connectivity index (χ2n) is 4.50. The lowest BCUT2D eigenvalue weighted by Crippen LogP contribution is -2.32. The van der Waals surface area contributed by atoms with E-state index in [-0.39, 0.29) is 6.61 Å². The van der Waals surface area contributed by atoms with Gasteiger partial charge in [-0.3, -0.25) is 0 Å². The maximum Gasteiger partial charge on any atom is 0.138 e. The Morgan fingerprint density at radius 2 is 2.11 bits per heavy atom. The van der Waals surface area contributed by atoms with Crippen molar-refractivity contribution >= 4 is 0 Å². The highest BCUT2D eigenvalue weighted by atomic mass is 19.1. The van der Waals surface area contributed by atoms with Crippen molar-refractivity contribution in [3.63, 3.8) is 0 Å². The van der Waals surface area contributed by atoms with Crippen LogP contribution >= 0.6 is 0 Å². The number of rotatable bonds is 8. The molecule has 4 heteroatoms. The summed E-state index contributed by atoms with van der Waals surface area (Å²) < 4.78 is 24.8. The van der Waals surface area contributed by atoms with Crippen molar-refractivity contribution in [1.29, 1.82) is 0 Å². The summed E-state index contributed by atoms with van der Waals surface area (Å²) in [5.74, 6) is 0.742. The molecular formula is C14H22FNO2. The van der Waals surface area contributed by atoms with Crippen LogP contribution < -0.4 is 10.5 Å². The van der Waals surface area contributed by atoms with E-state index in [9.17, 15) is 4.39 Å². The van der Waals surface area contributed by atoms with Gasteiger partial charge in [-0.25, -0.2) is 4.39 Å². The summed E-state index contributed by atoms with van der Waals surface area (Å²) >= 11 is 0. The molecule has 0 saturated heterocycles. The molecule has 0 aliphatic heterocycles. The minimum atomic E-state index is -1.36. The Hall–Kier alpha value is -1.13. The van der Waals surface area contributed by atoms with Gasteiger partial charge in [0.2, 0.25) is 0 Å². The number of hydrogen-bond donors (Lipinski definition) is 1. The zero-order valence-corrected chi connectivity index (χ0v) is 11.1. The summed E-state index contributed by atoms with van der Waals surface area (Å²) in [6.45, 7) is 0.581. The van der Waals surface area contributed by atoms with Crippen molar-refractivity contribution in [3.8, 4) is 5.75 Å². The average molecular weight is 255 g/mol. The molecule has 0 aliphatic rings. The second-order valence-corrected chi connectivity index (χ2v) is 4.50. The standard InChI is InChI=1S/C14H22FNO2/c1-17-11-14(15,7-4-8-16)10-12-5-3-6-13(9-12)18-2/h3,5-6,9H,4,7-8,10-11,16H2,1-2H3. The molecule has 1 rings (SSSR count). The summed E-state index contributed by atoms with van der Waals surface area (Å²) in [6, 6.07) is 7.46. The number of methoxy groups -OCH3 is 2. The Labute approximate surface area is 108 Å². The molecule has 0 radical (unpaired) electrons. The van der Waals surface area contributed by atoms with E-state index in [0.717, 1.165) is 11.3 Å². The number of halogens is 1. The highest BCUT2D eigenvalue weighted by molar-refractivity contribution is 5.29. The van der Waals surface area contributed by atoms with Gasteiger partial charge < -0.3 is 15.2 Å². The predicted molar refractivity (Wildman–Crippen MR) is 70.7 cm³/mol. The van der Waals surface area contributed by atoms with Gasteiger partial charge in [-0.1, -0.05) is 12.1 Å². The molecule has 0 heterocycles. The first-order valence-electron chi connectivity index (χ1n) is 6.14. The zero-order valence-electron chi connectivity index (χ0n) is 11.1. The maximum absolute atomic E-state index is 14.7. The second kappa shape index (κ2) is 7.34. The molecule has 2 N–H and O–H groups in total. The topological polar surface area (TPSA) is 44.5 Å². The first kappa shape index (κ1) is 14.9. The minimum absolute atomic E-state index is 0.0875. The Kier molecular flexibility index (Phi) is 6.09. The quantitative estimate of drug-likeness (QED) is 0.775. The Morgan fingerprint density at radius 3 is 2.72 bits per heavy atom. The van der Waals surface area contributed by atoms with Crippen molar-refractivity contribution in [2.75, 3.05) is 27.4 Å². The van der Waals surface area contributed by atoms with Crippen LogP contribution in [-0.2, 0) is 11.2 Å². The average Bonchev–Trinajstić information content (AvgIpc) is 2.37. The Morgan fingerprint density at radius 1 is 1.33 bits per heavy atom. The van der Waals surface area contributed by atoms with Crippen molar-refractivity contribution < 1.29 is 13.9 Å². The van der Waals surface area contributed by atoms with Crippen LogP contribution in [0.15, 0.2) is 24.3 Å². The van der Waals surface area contributed by atoms with Crippen LogP contribution in [0.1, 0.15) is 18.4 Å². The molecule has 0 spiro atoms. The van der Waals surface area contributed by atoms with E-state index in [1.807, 2.05) is 24.3 Å². The fourth-order valence-electron chi connectivity index (χ4n) is 2.04. The summed E-state index contributed by atoms with van der Waals surface area (Å²) in [6.07, 6.45) is 1.39. The van der Waals surface area contributed by atoms with Crippen LogP contribution in [0, 0.1) is 0 Å². The normalized spacial score (nSPS) is 14.2. The van der Waals surface area contributed by atoms with Gasteiger partial charge in [0.15, 0.2) is 0 Å². The van der Waals surface area contributed by atoms with Crippen molar-refractivity contribution in [2.24, 2.45) is 5.73 Å². The SMILES string of the molecule is COCC(F)(CCCN)Cc1cccc(OC)c1. The van der Waals surface area contributed by atoms with Gasteiger partial charge in [0.25, 0.3) is 0 Å². The van der Waals surface area contributed by atoms with Crippen LogP contribution in [-0.4, -0.2) is 33.0 Å². The zero-order chi connectivity index (χ0) is 13.4. The molecule has 0 saturated carbocycles. The predicted octanol–water partition coefficient (Wildman–Crippen LogP) is 2.33. The molecule has 0 aromatic heterocycles. The molecule has 18 heavy (non-hydrogen) atoms. The molecule has 1 unspecified atom stereocenters. The summed E-state index contributed by atoms with van der Waals surface area (Å²) in [4.78, 5) is 0. The van der Waals surface area contributed by atoms with Gasteiger partial charge in [0.1, 0.15) is 11.4 Å². The third-order valence-electron chi connectivity index (χ3n) is 2.89. The highest BCUT2D eigenvalue weighted by Crippen LogP contribution is 2.26. The molecule has 0 bridgehead atoms. The van der Waals surface area contributed by atoms with E-state index in [4.69, 9.17) is 15.2 Å². The third kappa shape index (κ3) is 4.63. The molecule has 0 amide bonds. The monoisotopic (exact) mass is 255 g/mol. The smallest absolute Gasteiger partial charge is 0.138 e. The number of benzene rings is 1. The van der Waals surface area contributed by atoms with Crippen molar-refractivity contribution in [1.82, 2.24) is 0 Å². The van der Waals surface area contributed by atoms with Crippen LogP contribution in [0.4, 0.5) is 4.39 Å². The van der Waals surface area contributed by atoms with Gasteiger partial charge in [0.05, 0.1) is 13.7 Å². The molecule has 0 aliphatic carbocycles. The van der Waals surface area contributed by atoms with Crippen molar-refractivity contribution in [2.45, 2.75) is 24.9 Å². The number of ether oxygens (including phenoxy) is 2. The molecule has 1 atom stereocenters. The van der Waals surface area contributed by atoms with E-state index < -0.39 is 5.67 Å². The first-order valence-corrected chi connectivity index (χ1v) is 6.14. The molecule has 1 aromatic rings. The highest BCUT2D eigenvalue weighted by Gasteiger charge is 2.29. The van der Waals surface area contributed by atoms with Crippen LogP contribution in [0.25, 0.3) is 0 Å². The van der Waals surface area contributed by atoms with E-state index >= 15 is 0 Å². The lowest BCUT2D eigenvalue weighted by molar-refractivity contribution is 0.0334.